The van der Waals surface area contributed by atoms with Crippen molar-refractivity contribution in [2.24, 2.45) is 0 Å². The van der Waals surface area contributed by atoms with Crippen molar-refractivity contribution in [1.29, 1.82) is 0 Å². The van der Waals surface area contributed by atoms with Crippen molar-refractivity contribution in [1.82, 2.24) is 10.6 Å². The molecule has 1 saturated carbocycles. The molecule has 0 aromatic rings. The Hall–Kier alpha value is -0.610. The van der Waals surface area contributed by atoms with Gasteiger partial charge in [0.25, 0.3) is 0 Å². The van der Waals surface area contributed by atoms with Crippen molar-refractivity contribution in [3.05, 3.63) is 0 Å². The van der Waals surface area contributed by atoms with Crippen LogP contribution in [0.3, 0.4) is 0 Å². The third-order valence-electron chi connectivity index (χ3n) is 2.86. The van der Waals surface area contributed by atoms with Crippen molar-refractivity contribution in [2.45, 2.75) is 45.1 Å². The maximum atomic E-state index is 11.3. The summed E-state index contributed by atoms with van der Waals surface area (Å²) in [7, 11) is 0. The van der Waals surface area contributed by atoms with Gasteiger partial charge < -0.3 is 15.4 Å². The molecule has 1 rings (SSSR count). The summed E-state index contributed by atoms with van der Waals surface area (Å²) in [6, 6.07) is 0. The van der Waals surface area contributed by atoms with E-state index in [1.54, 1.807) is 0 Å². The average molecular weight is 228 g/mol. The highest BCUT2D eigenvalue weighted by Crippen LogP contribution is 2.20. The average Bonchev–Trinajstić information content (AvgIpc) is 2.78. The van der Waals surface area contributed by atoms with E-state index in [-0.39, 0.29) is 5.91 Å². The molecule has 0 aliphatic heterocycles. The second-order valence-corrected chi connectivity index (χ2v) is 4.23. The van der Waals surface area contributed by atoms with E-state index < -0.39 is 0 Å². The Kier molecular flexibility index (Phi) is 7.17. The molecule has 0 bridgehead atoms. The van der Waals surface area contributed by atoms with Crippen LogP contribution in [0.4, 0.5) is 0 Å². The Bertz CT molecular complexity index is 191. The van der Waals surface area contributed by atoms with Gasteiger partial charge in [-0.05, 0) is 19.4 Å². The Balaban J connectivity index is 1.87. The van der Waals surface area contributed by atoms with Crippen LogP contribution in [-0.4, -0.2) is 38.3 Å². The predicted molar refractivity (Wildman–Crippen MR) is 64.4 cm³/mol. The van der Waals surface area contributed by atoms with E-state index in [4.69, 9.17) is 4.74 Å². The molecular weight excluding hydrogens is 204 g/mol. The van der Waals surface area contributed by atoms with Crippen LogP contribution in [0.15, 0.2) is 0 Å². The molecule has 2 N–H and O–H groups in total. The first kappa shape index (κ1) is 13.5. The summed E-state index contributed by atoms with van der Waals surface area (Å²) < 4.78 is 5.65. The summed E-state index contributed by atoms with van der Waals surface area (Å²) >= 11 is 0. The van der Waals surface area contributed by atoms with E-state index in [0.717, 1.165) is 13.1 Å². The quantitative estimate of drug-likeness (QED) is 0.611. The van der Waals surface area contributed by atoms with Crippen molar-refractivity contribution < 1.29 is 9.53 Å². The number of rotatable bonds is 8. The van der Waals surface area contributed by atoms with Crippen LogP contribution in [0, 0.1) is 0 Å². The Morgan fingerprint density at radius 2 is 2.06 bits per heavy atom. The van der Waals surface area contributed by atoms with E-state index in [2.05, 4.69) is 10.6 Å². The second-order valence-electron chi connectivity index (χ2n) is 4.23. The Labute approximate surface area is 98.1 Å². The van der Waals surface area contributed by atoms with E-state index in [1.165, 1.54) is 25.7 Å². The zero-order valence-electron chi connectivity index (χ0n) is 10.3. The van der Waals surface area contributed by atoms with E-state index >= 15 is 0 Å². The van der Waals surface area contributed by atoms with Crippen LogP contribution in [0.2, 0.25) is 0 Å². The summed E-state index contributed by atoms with van der Waals surface area (Å²) in [4.78, 5) is 11.3. The standard InChI is InChI=1S/C12H24N2O2/c1-2-13-8-7-12(15)14-9-10-16-11-5-3-4-6-11/h11,13H,2-10H2,1H3,(H,14,15). The van der Waals surface area contributed by atoms with Crippen molar-refractivity contribution in [3.8, 4) is 0 Å². The molecule has 0 saturated heterocycles. The molecule has 4 nitrogen and oxygen atoms in total. The maximum Gasteiger partial charge on any atom is 0.221 e. The smallest absolute Gasteiger partial charge is 0.221 e. The zero-order chi connectivity index (χ0) is 11.6. The van der Waals surface area contributed by atoms with Gasteiger partial charge in [-0.15, -0.1) is 0 Å². The highest BCUT2D eigenvalue weighted by atomic mass is 16.5. The van der Waals surface area contributed by atoms with Crippen LogP contribution in [0.1, 0.15) is 39.0 Å². The van der Waals surface area contributed by atoms with Gasteiger partial charge in [-0.2, -0.15) is 0 Å². The molecule has 0 heterocycles. The van der Waals surface area contributed by atoms with Gasteiger partial charge in [-0.3, -0.25) is 4.79 Å². The van der Waals surface area contributed by atoms with Gasteiger partial charge in [-0.25, -0.2) is 0 Å². The second kappa shape index (κ2) is 8.53. The van der Waals surface area contributed by atoms with E-state index in [9.17, 15) is 4.79 Å². The molecule has 0 aromatic carbocycles. The van der Waals surface area contributed by atoms with E-state index in [1.807, 2.05) is 6.92 Å². The fourth-order valence-corrected chi connectivity index (χ4v) is 1.94. The molecule has 1 aliphatic carbocycles. The van der Waals surface area contributed by atoms with Gasteiger partial charge in [0.05, 0.1) is 12.7 Å². The molecule has 0 aromatic heterocycles. The third kappa shape index (κ3) is 6.08. The van der Waals surface area contributed by atoms with Gasteiger partial charge in [-0.1, -0.05) is 19.8 Å². The predicted octanol–water partition coefficient (Wildman–Crippen LogP) is 1.06. The number of carbonyl (C=O) groups excluding carboxylic acids is 1. The lowest BCUT2D eigenvalue weighted by molar-refractivity contribution is -0.121. The molecule has 94 valence electrons. The van der Waals surface area contributed by atoms with Gasteiger partial charge in [0, 0.05) is 19.5 Å². The number of hydrogen-bond acceptors (Lipinski definition) is 3. The van der Waals surface area contributed by atoms with Crippen molar-refractivity contribution in [2.75, 3.05) is 26.2 Å². The van der Waals surface area contributed by atoms with Gasteiger partial charge in [0.2, 0.25) is 5.91 Å². The van der Waals surface area contributed by atoms with Crippen LogP contribution in [-0.2, 0) is 9.53 Å². The summed E-state index contributed by atoms with van der Waals surface area (Å²) in [5.74, 6) is 0.107. The molecule has 1 fully saturated rings. The summed E-state index contributed by atoms with van der Waals surface area (Å²) in [6.45, 7) is 5.00. The normalized spacial score (nSPS) is 16.6. The fraction of sp³-hybridized carbons (Fsp3) is 0.917. The molecule has 0 unspecified atom stereocenters. The highest BCUT2D eigenvalue weighted by Gasteiger charge is 2.14. The van der Waals surface area contributed by atoms with Gasteiger partial charge in [0.1, 0.15) is 0 Å². The largest absolute Gasteiger partial charge is 0.376 e. The van der Waals surface area contributed by atoms with Crippen LogP contribution in [0.25, 0.3) is 0 Å². The topological polar surface area (TPSA) is 50.4 Å². The van der Waals surface area contributed by atoms with E-state index in [0.29, 0.717) is 25.7 Å². The molecule has 1 amide bonds. The summed E-state index contributed by atoms with van der Waals surface area (Å²) in [5, 5.41) is 5.98. The molecule has 1 aliphatic rings. The SMILES string of the molecule is CCNCCC(=O)NCCOC1CCCC1. The highest BCUT2D eigenvalue weighted by molar-refractivity contribution is 5.75. The number of hydrogen-bond donors (Lipinski definition) is 2. The maximum absolute atomic E-state index is 11.3. The molecule has 4 heteroatoms. The molecule has 0 spiro atoms. The van der Waals surface area contributed by atoms with Crippen molar-refractivity contribution >= 4 is 5.91 Å². The fourth-order valence-electron chi connectivity index (χ4n) is 1.94. The van der Waals surface area contributed by atoms with Gasteiger partial charge in [0.15, 0.2) is 0 Å². The Morgan fingerprint density at radius 3 is 2.75 bits per heavy atom. The minimum absolute atomic E-state index is 0.107. The third-order valence-corrected chi connectivity index (χ3v) is 2.86. The first-order chi connectivity index (χ1) is 7.83. The lowest BCUT2D eigenvalue weighted by Crippen LogP contribution is -2.30. The minimum Gasteiger partial charge on any atom is -0.376 e. The minimum atomic E-state index is 0.107. The molecule has 0 atom stereocenters. The summed E-state index contributed by atoms with van der Waals surface area (Å²) in [5.41, 5.74) is 0. The zero-order valence-corrected chi connectivity index (χ0v) is 10.3. The van der Waals surface area contributed by atoms with Crippen LogP contribution >= 0.6 is 0 Å². The number of amides is 1. The lowest BCUT2D eigenvalue weighted by Gasteiger charge is -2.11. The first-order valence-electron chi connectivity index (χ1n) is 6.42. The Morgan fingerprint density at radius 1 is 1.31 bits per heavy atom. The van der Waals surface area contributed by atoms with Crippen LogP contribution in [0.5, 0.6) is 0 Å². The van der Waals surface area contributed by atoms with Crippen LogP contribution < -0.4 is 10.6 Å². The number of ether oxygens (including phenoxy) is 1. The lowest BCUT2D eigenvalue weighted by atomic mass is 10.3. The number of carbonyl (C=O) groups is 1. The molecular formula is C12H24N2O2. The van der Waals surface area contributed by atoms with Gasteiger partial charge >= 0.3 is 0 Å². The molecule has 0 radical (unpaired) electrons. The van der Waals surface area contributed by atoms with Crippen molar-refractivity contribution in [3.63, 3.8) is 0 Å². The monoisotopic (exact) mass is 228 g/mol. The first-order valence-corrected chi connectivity index (χ1v) is 6.42. The summed E-state index contributed by atoms with van der Waals surface area (Å²) in [6.07, 6.45) is 5.96. The number of nitrogens with one attached hydrogen (secondary N) is 2. The molecule has 16 heavy (non-hydrogen) atoms.